The van der Waals surface area contributed by atoms with E-state index in [0.29, 0.717) is 6.04 Å². The molecule has 1 unspecified atom stereocenters. The van der Waals surface area contributed by atoms with Crippen LogP contribution in [0, 0.1) is 0 Å². The average Bonchev–Trinajstić information content (AvgIpc) is 3.25. The van der Waals surface area contributed by atoms with Gasteiger partial charge in [0.2, 0.25) is 0 Å². The molecule has 3 aliphatic rings. The van der Waals surface area contributed by atoms with Gasteiger partial charge in [-0.15, -0.1) is 11.3 Å². The van der Waals surface area contributed by atoms with Crippen LogP contribution in [0.15, 0.2) is 40.6 Å². The van der Waals surface area contributed by atoms with Crippen LogP contribution in [0.3, 0.4) is 0 Å². The zero-order chi connectivity index (χ0) is 23.4. The second-order valence-electron chi connectivity index (χ2n) is 9.44. The van der Waals surface area contributed by atoms with Crippen LogP contribution in [0.4, 0.5) is 0 Å². The van der Waals surface area contributed by atoms with Gasteiger partial charge in [-0.05, 0) is 62.8 Å². The van der Waals surface area contributed by atoms with Crippen molar-refractivity contribution in [3.63, 3.8) is 0 Å². The SMILES string of the molecule is C=CC1=CC1(CN1CC[C@]2(C[C@@H]1C)OCCc1sc(CC)cc12)N=NC.CCC[C@@H](C)O. The van der Waals surface area contributed by atoms with E-state index in [4.69, 9.17) is 9.84 Å². The molecule has 4 atom stereocenters. The highest BCUT2D eigenvalue weighted by atomic mass is 32.1. The highest BCUT2D eigenvalue weighted by molar-refractivity contribution is 7.12. The average molecular weight is 460 g/mol. The number of aliphatic hydroxyl groups is 1. The quantitative estimate of drug-likeness (QED) is 0.534. The third-order valence-electron chi connectivity index (χ3n) is 6.92. The van der Waals surface area contributed by atoms with Crippen molar-refractivity contribution in [2.75, 3.05) is 26.7 Å². The number of fused-ring (bicyclic) bond motifs is 2. The van der Waals surface area contributed by atoms with Gasteiger partial charge in [0.15, 0.2) is 0 Å². The molecule has 5 nitrogen and oxygen atoms in total. The number of rotatable bonds is 7. The third kappa shape index (κ3) is 5.41. The summed E-state index contributed by atoms with van der Waals surface area (Å²) in [7, 11) is 1.75. The number of hydrogen-bond donors (Lipinski definition) is 1. The first-order chi connectivity index (χ1) is 15.3. The molecule has 0 saturated carbocycles. The van der Waals surface area contributed by atoms with E-state index >= 15 is 0 Å². The Balaban J connectivity index is 0.000000427. The summed E-state index contributed by atoms with van der Waals surface area (Å²) >= 11 is 1.99. The lowest BCUT2D eigenvalue weighted by molar-refractivity contribution is -0.111. The lowest BCUT2D eigenvalue weighted by atomic mass is 9.79. The second kappa shape index (κ2) is 10.7. The zero-order valence-electron chi connectivity index (χ0n) is 20.6. The topological polar surface area (TPSA) is 57.4 Å². The van der Waals surface area contributed by atoms with Gasteiger partial charge >= 0.3 is 0 Å². The minimum absolute atomic E-state index is 0.0783. The van der Waals surface area contributed by atoms with Gasteiger partial charge in [0.1, 0.15) is 5.54 Å². The normalized spacial score (nSPS) is 30.4. The molecule has 6 heteroatoms. The number of azo groups is 1. The lowest BCUT2D eigenvalue weighted by Crippen LogP contribution is -2.52. The largest absolute Gasteiger partial charge is 0.393 e. The predicted molar refractivity (Wildman–Crippen MR) is 134 cm³/mol. The van der Waals surface area contributed by atoms with Gasteiger partial charge in [0.25, 0.3) is 0 Å². The van der Waals surface area contributed by atoms with Crippen molar-refractivity contribution in [1.29, 1.82) is 0 Å². The molecule has 1 spiro atoms. The molecule has 3 heterocycles. The number of nitrogens with zero attached hydrogens (tertiary/aromatic N) is 3. The molecule has 0 radical (unpaired) electrons. The van der Waals surface area contributed by atoms with Crippen LogP contribution < -0.4 is 0 Å². The van der Waals surface area contributed by atoms with Gasteiger partial charge < -0.3 is 9.84 Å². The molecule has 0 aromatic carbocycles. The molecule has 1 fully saturated rings. The van der Waals surface area contributed by atoms with Crippen molar-refractivity contribution >= 4 is 11.3 Å². The Kier molecular flexibility index (Phi) is 8.48. The van der Waals surface area contributed by atoms with Gasteiger partial charge in [-0.3, -0.25) is 4.90 Å². The number of aliphatic hydroxyl groups excluding tert-OH is 1. The molecule has 1 saturated heterocycles. The van der Waals surface area contributed by atoms with Gasteiger partial charge in [0, 0.05) is 42.4 Å². The van der Waals surface area contributed by atoms with Crippen LogP contribution in [0.2, 0.25) is 0 Å². The number of piperidine rings is 1. The first-order valence-electron chi connectivity index (χ1n) is 12.2. The smallest absolute Gasteiger partial charge is 0.137 e. The molecule has 1 aromatic heterocycles. The molecule has 0 bridgehead atoms. The number of thiophene rings is 1. The minimum Gasteiger partial charge on any atom is -0.393 e. The molecular weight excluding hydrogens is 418 g/mol. The Hall–Kier alpha value is -1.34. The standard InChI is InChI=1S/C21H29N3OS.C5H12O/c1-5-16-13-20(16,23-22-4)14-24-9-8-21(12-15(24)3)18-11-17(6-2)26-19(18)7-10-25-21;1-3-4-5(2)6/h5,11,13,15H,1,6-10,12,14H2,2-4H3;5-6H,3-4H2,1-2H3/t15-,20?,21+;5-/m01/s1. The monoisotopic (exact) mass is 459 g/mol. The van der Waals surface area contributed by atoms with E-state index in [9.17, 15) is 0 Å². The molecule has 32 heavy (non-hydrogen) atoms. The molecule has 0 amide bonds. The lowest BCUT2D eigenvalue weighted by Gasteiger charge is -2.48. The molecule has 178 valence electrons. The summed E-state index contributed by atoms with van der Waals surface area (Å²) in [6, 6.07) is 2.88. The Morgan fingerprint density at radius 2 is 2.22 bits per heavy atom. The Morgan fingerprint density at radius 3 is 2.75 bits per heavy atom. The van der Waals surface area contributed by atoms with Crippen molar-refractivity contribution in [3.8, 4) is 0 Å². The maximum Gasteiger partial charge on any atom is 0.137 e. The number of likely N-dealkylation sites (tertiary alicyclic amines) is 1. The van der Waals surface area contributed by atoms with Crippen molar-refractivity contribution in [1.82, 2.24) is 4.90 Å². The first-order valence-corrected chi connectivity index (χ1v) is 13.0. The van der Waals surface area contributed by atoms with Crippen LogP contribution >= 0.6 is 11.3 Å². The van der Waals surface area contributed by atoms with Gasteiger partial charge in [-0.25, -0.2) is 0 Å². The first kappa shape index (κ1) is 25.3. The second-order valence-corrected chi connectivity index (χ2v) is 10.7. The highest BCUT2D eigenvalue weighted by Crippen LogP contribution is 2.48. The fourth-order valence-corrected chi connectivity index (χ4v) is 6.31. The van der Waals surface area contributed by atoms with E-state index in [0.717, 1.165) is 58.2 Å². The van der Waals surface area contributed by atoms with Crippen LogP contribution in [0.25, 0.3) is 0 Å². The molecule has 1 aromatic rings. The predicted octanol–water partition coefficient (Wildman–Crippen LogP) is 5.68. The van der Waals surface area contributed by atoms with Gasteiger partial charge in [-0.2, -0.15) is 10.2 Å². The number of hydrogen-bond acceptors (Lipinski definition) is 6. The Labute approximate surface area is 198 Å². The Morgan fingerprint density at radius 1 is 1.44 bits per heavy atom. The van der Waals surface area contributed by atoms with E-state index in [-0.39, 0.29) is 17.2 Å². The summed E-state index contributed by atoms with van der Waals surface area (Å²) < 4.78 is 6.45. The van der Waals surface area contributed by atoms with E-state index in [1.165, 1.54) is 16.0 Å². The zero-order valence-corrected chi connectivity index (χ0v) is 21.4. The van der Waals surface area contributed by atoms with E-state index in [2.05, 4.69) is 54.6 Å². The molecule has 2 aliphatic heterocycles. The van der Waals surface area contributed by atoms with E-state index in [1.807, 2.05) is 24.3 Å². The fourth-order valence-electron chi connectivity index (χ4n) is 5.13. The Bertz CT molecular complexity index is 846. The van der Waals surface area contributed by atoms with E-state index in [1.54, 1.807) is 11.9 Å². The maximum absolute atomic E-state index is 8.55. The minimum atomic E-state index is -0.231. The summed E-state index contributed by atoms with van der Waals surface area (Å²) in [5, 5.41) is 17.1. The van der Waals surface area contributed by atoms with Crippen molar-refractivity contribution in [2.24, 2.45) is 10.2 Å². The van der Waals surface area contributed by atoms with Crippen molar-refractivity contribution < 1.29 is 9.84 Å². The van der Waals surface area contributed by atoms with E-state index < -0.39 is 0 Å². The summed E-state index contributed by atoms with van der Waals surface area (Å²) in [4.78, 5) is 5.61. The van der Waals surface area contributed by atoms with Crippen LogP contribution in [-0.2, 0) is 23.2 Å². The summed E-state index contributed by atoms with van der Waals surface area (Å²) in [5.41, 5.74) is 2.38. The molecule has 1 N–H and O–H groups in total. The van der Waals surface area contributed by atoms with Crippen molar-refractivity contribution in [2.45, 2.75) is 89.5 Å². The number of ether oxygens (including phenoxy) is 1. The molecule has 1 aliphatic carbocycles. The number of aryl methyl sites for hydroxylation is 1. The summed E-state index contributed by atoms with van der Waals surface area (Å²) in [6.45, 7) is 15.2. The van der Waals surface area contributed by atoms with Crippen LogP contribution in [-0.4, -0.2) is 54.4 Å². The molecular formula is C26H41N3O2S. The fraction of sp³-hybridized carbons (Fsp3) is 0.692. The summed E-state index contributed by atoms with van der Waals surface area (Å²) in [5.74, 6) is 0. The molecule has 4 rings (SSSR count). The van der Waals surface area contributed by atoms with Crippen LogP contribution in [0.1, 0.15) is 68.7 Å². The summed E-state index contributed by atoms with van der Waals surface area (Å²) in [6.07, 6.45) is 10.3. The van der Waals surface area contributed by atoms with Crippen LogP contribution in [0.5, 0.6) is 0 Å². The van der Waals surface area contributed by atoms with Crippen molar-refractivity contribution in [3.05, 3.63) is 45.7 Å². The maximum atomic E-state index is 8.55. The van der Waals surface area contributed by atoms with Gasteiger partial charge in [-0.1, -0.05) is 32.9 Å². The third-order valence-corrected chi connectivity index (χ3v) is 8.26. The van der Waals surface area contributed by atoms with Gasteiger partial charge in [0.05, 0.1) is 18.3 Å². The highest BCUT2D eigenvalue weighted by Gasteiger charge is 2.49.